The number of nitrogens with zero attached hydrogens (tertiary/aromatic N) is 2. The summed E-state index contributed by atoms with van der Waals surface area (Å²) in [6, 6.07) is 17.2. The Morgan fingerprint density at radius 3 is 2.30 bits per heavy atom. The van der Waals surface area contributed by atoms with Gasteiger partial charge >= 0.3 is 0 Å². The summed E-state index contributed by atoms with van der Waals surface area (Å²) in [5, 5.41) is 0. The zero-order valence-corrected chi connectivity index (χ0v) is 14.4. The van der Waals surface area contributed by atoms with E-state index in [9.17, 15) is 4.79 Å². The standard InChI is InChI=1S/C18H23N3O.ClH/c1-20(2)11-12-21(14-15-7-4-3-5-8-15)18(22)16-9-6-10-17(19)13-16;/h3-10,13H,11-12,14,19H2,1-2H3;1H. The maximum atomic E-state index is 12.8. The Morgan fingerprint density at radius 2 is 1.70 bits per heavy atom. The van der Waals surface area contributed by atoms with Gasteiger partial charge in [-0.15, -0.1) is 12.4 Å². The topological polar surface area (TPSA) is 49.6 Å². The predicted octanol–water partition coefficient (Wildman–Crippen LogP) is 2.89. The Morgan fingerprint density at radius 1 is 1.00 bits per heavy atom. The van der Waals surface area contributed by atoms with Crippen LogP contribution in [0.2, 0.25) is 0 Å². The Labute approximate surface area is 144 Å². The van der Waals surface area contributed by atoms with Crippen LogP contribution in [0.1, 0.15) is 15.9 Å². The number of carbonyl (C=O) groups is 1. The van der Waals surface area contributed by atoms with Crippen LogP contribution in [0.3, 0.4) is 0 Å². The number of benzene rings is 2. The fourth-order valence-corrected chi connectivity index (χ4v) is 2.23. The molecule has 1 amide bonds. The first-order valence-corrected chi connectivity index (χ1v) is 7.40. The lowest BCUT2D eigenvalue weighted by Crippen LogP contribution is -2.36. The molecule has 0 radical (unpaired) electrons. The maximum Gasteiger partial charge on any atom is 0.254 e. The van der Waals surface area contributed by atoms with Crippen LogP contribution in [0.5, 0.6) is 0 Å². The van der Waals surface area contributed by atoms with Gasteiger partial charge in [-0.3, -0.25) is 4.79 Å². The number of halogens is 1. The van der Waals surface area contributed by atoms with E-state index >= 15 is 0 Å². The van der Waals surface area contributed by atoms with Crippen molar-refractivity contribution >= 4 is 24.0 Å². The third-order valence-corrected chi connectivity index (χ3v) is 3.45. The second-order valence-corrected chi connectivity index (χ2v) is 5.64. The van der Waals surface area contributed by atoms with Crippen molar-refractivity contribution < 1.29 is 4.79 Å². The van der Waals surface area contributed by atoms with Crippen LogP contribution in [-0.4, -0.2) is 42.9 Å². The highest BCUT2D eigenvalue weighted by molar-refractivity contribution is 5.95. The fraction of sp³-hybridized carbons (Fsp3) is 0.278. The molecule has 23 heavy (non-hydrogen) atoms. The van der Waals surface area contributed by atoms with Crippen LogP contribution in [0.15, 0.2) is 54.6 Å². The Balaban J connectivity index is 0.00000264. The molecule has 0 saturated heterocycles. The van der Waals surface area contributed by atoms with Crippen LogP contribution in [-0.2, 0) is 6.54 Å². The fourth-order valence-electron chi connectivity index (χ4n) is 2.23. The number of nitrogens with two attached hydrogens (primary N) is 1. The zero-order valence-electron chi connectivity index (χ0n) is 13.6. The Bertz CT molecular complexity index is 617. The van der Waals surface area contributed by atoms with Gasteiger partial charge < -0.3 is 15.5 Å². The highest BCUT2D eigenvalue weighted by Gasteiger charge is 2.16. The van der Waals surface area contributed by atoms with E-state index in [-0.39, 0.29) is 18.3 Å². The number of amides is 1. The van der Waals surface area contributed by atoms with Crippen molar-refractivity contribution in [2.75, 3.05) is 32.9 Å². The lowest BCUT2D eigenvalue weighted by atomic mass is 10.1. The second kappa shape index (κ2) is 9.18. The quantitative estimate of drug-likeness (QED) is 0.827. The molecule has 0 spiro atoms. The minimum Gasteiger partial charge on any atom is -0.399 e. The number of carbonyl (C=O) groups excluding carboxylic acids is 1. The minimum absolute atomic E-state index is 0. The Hall–Kier alpha value is -2.04. The molecule has 0 saturated carbocycles. The van der Waals surface area contributed by atoms with Gasteiger partial charge in [-0.25, -0.2) is 0 Å². The van der Waals surface area contributed by atoms with Crippen molar-refractivity contribution in [3.63, 3.8) is 0 Å². The van der Waals surface area contributed by atoms with Gasteiger partial charge in [0.15, 0.2) is 0 Å². The van der Waals surface area contributed by atoms with Crippen molar-refractivity contribution in [1.82, 2.24) is 9.80 Å². The second-order valence-electron chi connectivity index (χ2n) is 5.64. The van der Waals surface area contributed by atoms with E-state index in [0.717, 1.165) is 12.1 Å². The molecule has 0 aliphatic rings. The van der Waals surface area contributed by atoms with E-state index in [4.69, 9.17) is 5.73 Å². The summed E-state index contributed by atoms with van der Waals surface area (Å²) in [4.78, 5) is 16.7. The summed E-state index contributed by atoms with van der Waals surface area (Å²) >= 11 is 0. The number of nitrogen functional groups attached to an aromatic ring is 1. The molecule has 0 aromatic heterocycles. The molecule has 4 nitrogen and oxygen atoms in total. The van der Waals surface area contributed by atoms with Gasteiger partial charge in [-0.1, -0.05) is 36.4 Å². The van der Waals surface area contributed by atoms with Gasteiger partial charge in [0.25, 0.3) is 5.91 Å². The summed E-state index contributed by atoms with van der Waals surface area (Å²) < 4.78 is 0. The third kappa shape index (κ3) is 5.93. The number of anilines is 1. The average Bonchev–Trinajstić information content (AvgIpc) is 2.51. The molecule has 5 heteroatoms. The van der Waals surface area contributed by atoms with Crippen molar-refractivity contribution in [2.45, 2.75) is 6.54 Å². The molecule has 2 N–H and O–H groups in total. The van der Waals surface area contributed by atoms with Crippen LogP contribution < -0.4 is 5.73 Å². The van der Waals surface area contributed by atoms with E-state index in [1.54, 1.807) is 12.1 Å². The summed E-state index contributed by atoms with van der Waals surface area (Å²) in [5.41, 5.74) is 8.16. The van der Waals surface area contributed by atoms with Crippen LogP contribution in [0.4, 0.5) is 5.69 Å². The molecule has 0 unspecified atom stereocenters. The molecule has 0 aliphatic heterocycles. The van der Waals surface area contributed by atoms with Crippen LogP contribution >= 0.6 is 12.4 Å². The normalized spacial score (nSPS) is 10.2. The molecule has 0 heterocycles. The number of rotatable bonds is 6. The molecule has 0 bridgehead atoms. The molecular formula is C18H24ClN3O. The van der Waals surface area contributed by atoms with Gasteiger partial charge in [-0.05, 0) is 37.9 Å². The van der Waals surface area contributed by atoms with Crippen molar-refractivity contribution in [3.05, 3.63) is 65.7 Å². The van der Waals surface area contributed by atoms with Gasteiger partial charge in [0.05, 0.1) is 0 Å². The molecule has 124 valence electrons. The van der Waals surface area contributed by atoms with E-state index in [2.05, 4.69) is 4.90 Å². The van der Waals surface area contributed by atoms with Gasteiger partial charge in [0, 0.05) is 30.9 Å². The van der Waals surface area contributed by atoms with Crippen LogP contribution in [0.25, 0.3) is 0 Å². The maximum absolute atomic E-state index is 12.8. The molecular weight excluding hydrogens is 310 g/mol. The molecule has 0 atom stereocenters. The first kappa shape index (κ1) is 19.0. The predicted molar refractivity (Wildman–Crippen MR) is 97.8 cm³/mol. The Kier molecular flexibility index (Phi) is 7.59. The lowest BCUT2D eigenvalue weighted by Gasteiger charge is -2.25. The number of likely N-dealkylation sites (N-methyl/N-ethyl adjacent to an activating group) is 1. The zero-order chi connectivity index (χ0) is 15.9. The highest BCUT2D eigenvalue weighted by Crippen LogP contribution is 2.13. The first-order valence-electron chi connectivity index (χ1n) is 7.40. The number of hydrogen-bond acceptors (Lipinski definition) is 3. The monoisotopic (exact) mass is 333 g/mol. The minimum atomic E-state index is 0. The number of hydrogen-bond donors (Lipinski definition) is 1. The van der Waals surface area contributed by atoms with Crippen molar-refractivity contribution in [3.8, 4) is 0 Å². The van der Waals surface area contributed by atoms with E-state index in [1.807, 2.05) is 61.5 Å². The summed E-state index contributed by atoms with van der Waals surface area (Å²) in [6.07, 6.45) is 0. The summed E-state index contributed by atoms with van der Waals surface area (Å²) in [5.74, 6) is 0.0120. The summed E-state index contributed by atoms with van der Waals surface area (Å²) in [6.45, 7) is 2.10. The lowest BCUT2D eigenvalue weighted by molar-refractivity contribution is 0.0732. The van der Waals surface area contributed by atoms with Gasteiger partial charge in [0.1, 0.15) is 0 Å². The molecule has 2 rings (SSSR count). The highest BCUT2D eigenvalue weighted by atomic mass is 35.5. The van der Waals surface area contributed by atoms with Gasteiger partial charge in [0.2, 0.25) is 0 Å². The van der Waals surface area contributed by atoms with Crippen molar-refractivity contribution in [2.24, 2.45) is 0 Å². The van der Waals surface area contributed by atoms with Crippen molar-refractivity contribution in [1.29, 1.82) is 0 Å². The summed E-state index contributed by atoms with van der Waals surface area (Å²) in [7, 11) is 4.01. The van der Waals surface area contributed by atoms with Gasteiger partial charge in [-0.2, -0.15) is 0 Å². The first-order chi connectivity index (χ1) is 10.6. The van der Waals surface area contributed by atoms with E-state index in [0.29, 0.717) is 24.3 Å². The molecule has 0 aliphatic carbocycles. The smallest absolute Gasteiger partial charge is 0.254 e. The van der Waals surface area contributed by atoms with E-state index < -0.39 is 0 Å². The van der Waals surface area contributed by atoms with Crippen LogP contribution in [0, 0.1) is 0 Å². The third-order valence-electron chi connectivity index (χ3n) is 3.45. The largest absolute Gasteiger partial charge is 0.399 e. The SMILES string of the molecule is CN(C)CCN(Cc1ccccc1)C(=O)c1cccc(N)c1.Cl. The molecule has 0 fully saturated rings. The molecule has 2 aromatic rings. The average molecular weight is 334 g/mol. The van der Waals surface area contributed by atoms with E-state index in [1.165, 1.54) is 0 Å². The molecule has 2 aromatic carbocycles.